The van der Waals surface area contributed by atoms with Gasteiger partial charge < -0.3 is 23.4 Å². The SMILES string of the molecule is COC(=O)c1cc(OC)c2c(=O)c3c(C(=O)OC)c(OC)ccc3oc2c1. The maximum absolute atomic E-state index is 13.2. The first-order valence-electron chi connectivity index (χ1n) is 7.79. The number of rotatable bonds is 4. The van der Waals surface area contributed by atoms with Crippen molar-refractivity contribution in [3.05, 3.63) is 45.6 Å². The number of hydrogen-bond acceptors (Lipinski definition) is 8. The first-order chi connectivity index (χ1) is 13.0. The lowest BCUT2D eigenvalue weighted by atomic mass is 10.0. The molecule has 0 spiro atoms. The van der Waals surface area contributed by atoms with Gasteiger partial charge in [-0.15, -0.1) is 0 Å². The zero-order valence-corrected chi connectivity index (χ0v) is 15.1. The van der Waals surface area contributed by atoms with Crippen LogP contribution in [0.4, 0.5) is 0 Å². The zero-order chi connectivity index (χ0) is 19.7. The smallest absolute Gasteiger partial charge is 0.342 e. The topological polar surface area (TPSA) is 101 Å². The highest BCUT2D eigenvalue weighted by molar-refractivity contribution is 6.09. The molecule has 3 rings (SSSR count). The Morgan fingerprint density at radius 1 is 0.815 bits per heavy atom. The fourth-order valence-corrected chi connectivity index (χ4v) is 2.88. The number of methoxy groups -OCH3 is 4. The second-order valence-electron chi connectivity index (χ2n) is 5.48. The van der Waals surface area contributed by atoms with E-state index >= 15 is 0 Å². The normalized spacial score (nSPS) is 10.7. The Hall–Kier alpha value is -3.55. The van der Waals surface area contributed by atoms with Gasteiger partial charge in [0, 0.05) is 0 Å². The van der Waals surface area contributed by atoms with Crippen LogP contribution in [-0.4, -0.2) is 40.4 Å². The molecule has 0 N–H and O–H groups in total. The fourth-order valence-electron chi connectivity index (χ4n) is 2.88. The molecule has 0 bridgehead atoms. The average molecular weight is 372 g/mol. The number of benzene rings is 2. The van der Waals surface area contributed by atoms with E-state index in [9.17, 15) is 14.4 Å². The number of ether oxygens (including phenoxy) is 4. The molecular weight excluding hydrogens is 356 g/mol. The summed E-state index contributed by atoms with van der Waals surface area (Å²) in [6.45, 7) is 0. The van der Waals surface area contributed by atoms with Crippen molar-refractivity contribution < 1.29 is 33.0 Å². The molecule has 0 atom stereocenters. The Balaban J connectivity index is 2.51. The van der Waals surface area contributed by atoms with Gasteiger partial charge in [-0.05, 0) is 24.3 Å². The summed E-state index contributed by atoms with van der Waals surface area (Å²) in [5, 5.41) is 0.0777. The predicted molar refractivity (Wildman–Crippen MR) is 95.8 cm³/mol. The van der Waals surface area contributed by atoms with Crippen molar-refractivity contribution in [1.29, 1.82) is 0 Å². The van der Waals surface area contributed by atoms with Crippen LogP contribution >= 0.6 is 0 Å². The van der Waals surface area contributed by atoms with Crippen LogP contribution in [0.5, 0.6) is 11.5 Å². The summed E-state index contributed by atoms with van der Waals surface area (Å²) in [4.78, 5) is 37.3. The van der Waals surface area contributed by atoms with Gasteiger partial charge in [-0.25, -0.2) is 9.59 Å². The molecule has 3 aromatic rings. The lowest BCUT2D eigenvalue weighted by Gasteiger charge is -2.12. The first kappa shape index (κ1) is 18.2. The average Bonchev–Trinajstić information content (AvgIpc) is 2.70. The lowest BCUT2D eigenvalue weighted by molar-refractivity contribution is 0.0591. The molecule has 140 valence electrons. The molecule has 0 unspecified atom stereocenters. The van der Waals surface area contributed by atoms with Gasteiger partial charge in [0.05, 0.1) is 39.4 Å². The molecule has 1 aromatic heterocycles. The van der Waals surface area contributed by atoms with Crippen LogP contribution in [0.15, 0.2) is 33.5 Å². The molecule has 0 aliphatic carbocycles. The highest BCUT2D eigenvalue weighted by Gasteiger charge is 2.24. The maximum atomic E-state index is 13.2. The summed E-state index contributed by atoms with van der Waals surface area (Å²) < 4.78 is 25.7. The van der Waals surface area contributed by atoms with Crippen LogP contribution in [0.3, 0.4) is 0 Å². The maximum Gasteiger partial charge on any atom is 0.342 e. The van der Waals surface area contributed by atoms with Crippen molar-refractivity contribution in [1.82, 2.24) is 0 Å². The van der Waals surface area contributed by atoms with Crippen molar-refractivity contribution in [2.75, 3.05) is 28.4 Å². The van der Waals surface area contributed by atoms with Gasteiger partial charge in [-0.3, -0.25) is 4.79 Å². The third kappa shape index (κ3) is 2.84. The van der Waals surface area contributed by atoms with Gasteiger partial charge in [-0.2, -0.15) is 0 Å². The zero-order valence-electron chi connectivity index (χ0n) is 15.1. The Kier molecular flexibility index (Phi) is 4.72. The minimum atomic E-state index is -0.741. The van der Waals surface area contributed by atoms with Crippen molar-refractivity contribution in [3.8, 4) is 11.5 Å². The number of esters is 2. The summed E-state index contributed by atoms with van der Waals surface area (Å²) in [6.07, 6.45) is 0. The van der Waals surface area contributed by atoms with Crippen molar-refractivity contribution in [3.63, 3.8) is 0 Å². The van der Waals surface area contributed by atoms with Crippen molar-refractivity contribution >= 4 is 33.9 Å². The summed E-state index contributed by atoms with van der Waals surface area (Å²) in [5.74, 6) is -1.06. The largest absolute Gasteiger partial charge is 0.496 e. The van der Waals surface area contributed by atoms with E-state index in [-0.39, 0.29) is 44.6 Å². The number of carbonyl (C=O) groups excluding carboxylic acids is 2. The van der Waals surface area contributed by atoms with Gasteiger partial charge >= 0.3 is 11.9 Å². The Bertz CT molecular complexity index is 1130. The van der Waals surface area contributed by atoms with Crippen molar-refractivity contribution in [2.45, 2.75) is 0 Å². The molecule has 8 nitrogen and oxygen atoms in total. The van der Waals surface area contributed by atoms with Crippen LogP contribution in [0.25, 0.3) is 21.9 Å². The Morgan fingerprint density at radius 3 is 2.07 bits per heavy atom. The third-order valence-electron chi connectivity index (χ3n) is 4.12. The van der Waals surface area contributed by atoms with Crippen LogP contribution in [0.1, 0.15) is 20.7 Å². The molecule has 0 aliphatic heterocycles. The molecule has 0 radical (unpaired) electrons. The molecule has 27 heavy (non-hydrogen) atoms. The molecule has 0 saturated carbocycles. The van der Waals surface area contributed by atoms with Gasteiger partial charge in [-0.1, -0.05) is 0 Å². The van der Waals surface area contributed by atoms with E-state index in [0.717, 1.165) is 0 Å². The molecule has 2 aromatic carbocycles. The molecule has 0 saturated heterocycles. The van der Waals surface area contributed by atoms with E-state index in [1.54, 1.807) is 0 Å². The lowest BCUT2D eigenvalue weighted by Crippen LogP contribution is -2.13. The molecule has 0 amide bonds. The summed E-state index contributed by atoms with van der Waals surface area (Å²) in [5.41, 5.74) is -0.150. The van der Waals surface area contributed by atoms with E-state index in [2.05, 4.69) is 0 Å². The minimum Gasteiger partial charge on any atom is -0.496 e. The van der Waals surface area contributed by atoms with Crippen LogP contribution in [-0.2, 0) is 9.47 Å². The van der Waals surface area contributed by atoms with E-state index in [1.165, 1.54) is 52.7 Å². The van der Waals surface area contributed by atoms with E-state index < -0.39 is 17.4 Å². The van der Waals surface area contributed by atoms with Crippen molar-refractivity contribution in [2.24, 2.45) is 0 Å². The van der Waals surface area contributed by atoms with E-state index in [1.807, 2.05) is 0 Å². The standard InChI is InChI=1S/C19H16O8/c1-23-10-5-6-11-15(16(10)19(22)26-4)17(20)14-12(24-2)7-9(18(21)25-3)8-13(14)27-11/h5-8H,1-4H3. The summed E-state index contributed by atoms with van der Waals surface area (Å²) in [7, 11) is 5.17. The van der Waals surface area contributed by atoms with Crippen LogP contribution in [0.2, 0.25) is 0 Å². The highest BCUT2D eigenvalue weighted by Crippen LogP contribution is 2.32. The molecule has 1 heterocycles. The van der Waals surface area contributed by atoms with E-state index in [4.69, 9.17) is 23.4 Å². The molecule has 0 fully saturated rings. The molecule has 8 heteroatoms. The van der Waals surface area contributed by atoms with E-state index in [0.29, 0.717) is 0 Å². The fraction of sp³-hybridized carbons (Fsp3) is 0.211. The first-order valence-corrected chi connectivity index (χ1v) is 7.79. The van der Waals surface area contributed by atoms with Crippen LogP contribution < -0.4 is 14.9 Å². The number of hydrogen-bond donors (Lipinski definition) is 0. The molecular formula is C19H16O8. The third-order valence-corrected chi connectivity index (χ3v) is 4.12. The molecule has 0 aliphatic rings. The minimum absolute atomic E-state index is 0.00202. The van der Waals surface area contributed by atoms with Gasteiger partial charge in [0.1, 0.15) is 33.6 Å². The van der Waals surface area contributed by atoms with Gasteiger partial charge in [0.15, 0.2) is 0 Å². The predicted octanol–water partition coefficient (Wildman–Crippen LogP) is 2.54. The van der Waals surface area contributed by atoms with Gasteiger partial charge in [0.2, 0.25) is 5.43 Å². The highest BCUT2D eigenvalue weighted by atomic mass is 16.5. The quantitative estimate of drug-likeness (QED) is 0.509. The summed E-state index contributed by atoms with van der Waals surface area (Å²) in [6, 6.07) is 5.74. The van der Waals surface area contributed by atoms with Crippen LogP contribution in [0, 0.1) is 0 Å². The monoisotopic (exact) mass is 372 g/mol. The van der Waals surface area contributed by atoms with Gasteiger partial charge in [0.25, 0.3) is 0 Å². The second kappa shape index (κ2) is 6.99. The number of carbonyl (C=O) groups is 2. The Morgan fingerprint density at radius 2 is 1.48 bits per heavy atom. The second-order valence-corrected chi connectivity index (χ2v) is 5.48. The Labute approximate surface area is 153 Å². The summed E-state index contributed by atoms with van der Waals surface area (Å²) >= 11 is 0. The number of fused-ring (bicyclic) bond motifs is 2.